The quantitative estimate of drug-likeness (QED) is 0.652. The first-order valence-electron chi connectivity index (χ1n) is 8.16. The van der Waals surface area contributed by atoms with E-state index in [-0.39, 0.29) is 30.0 Å². The van der Waals surface area contributed by atoms with E-state index in [1.165, 1.54) is 24.3 Å². The minimum Gasteiger partial charge on any atom is -0.354 e. The molecule has 0 radical (unpaired) electrons. The first kappa shape index (κ1) is 20.4. The van der Waals surface area contributed by atoms with Crippen LogP contribution in [0, 0.1) is 11.7 Å². The molecule has 7 heteroatoms. The van der Waals surface area contributed by atoms with E-state index in [1.54, 1.807) is 0 Å². The summed E-state index contributed by atoms with van der Waals surface area (Å²) in [5.74, 6) is 0.0243. The molecule has 1 fully saturated rings. The van der Waals surface area contributed by atoms with Gasteiger partial charge >= 0.3 is 0 Å². The zero-order valence-corrected chi connectivity index (χ0v) is 14.5. The van der Waals surface area contributed by atoms with Gasteiger partial charge in [0.15, 0.2) is 0 Å². The van der Waals surface area contributed by atoms with Gasteiger partial charge in [0.1, 0.15) is 5.82 Å². The second kappa shape index (κ2) is 11.0. The van der Waals surface area contributed by atoms with Crippen molar-refractivity contribution < 1.29 is 14.0 Å². The molecule has 3 N–H and O–H groups in total. The van der Waals surface area contributed by atoms with Crippen molar-refractivity contribution in [3.05, 3.63) is 35.6 Å². The van der Waals surface area contributed by atoms with Crippen molar-refractivity contribution in [3.63, 3.8) is 0 Å². The van der Waals surface area contributed by atoms with Crippen LogP contribution in [0.15, 0.2) is 24.3 Å². The van der Waals surface area contributed by atoms with E-state index in [0.717, 1.165) is 32.4 Å². The second-order valence-electron chi connectivity index (χ2n) is 5.84. The highest BCUT2D eigenvalue weighted by Crippen LogP contribution is 2.17. The van der Waals surface area contributed by atoms with Crippen molar-refractivity contribution in [2.24, 2.45) is 5.92 Å². The van der Waals surface area contributed by atoms with Crippen LogP contribution in [0.25, 0.3) is 0 Å². The van der Waals surface area contributed by atoms with Gasteiger partial charge in [-0.25, -0.2) is 4.39 Å². The van der Waals surface area contributed by atoms with E-state index in [4.69, 9.17) is 0 Å². The smallest absolute Gasteiger partial charge is 0.251 e. The molecule has 0 saturated carbocycles. The number of nitrogens with one attached hydrogen (secondary N) is 3. The summed E-state index contributed by atoms with van der Waals surface area (Å²) in [6.45, 7) is 2.84. The average molecular weight is 358 g/mol. The molecule has 24 heavy (non-hydrogen) atoms. The molecule has 0 aromatic heterocycles. The fourth-order valence-electron chi connectivity index (χ4n) is 2.68. The van der Waals surface area contributed by atoms with Crippen molar-refractivity contribution >= 4 is 24.2 Å². The van der Waals surface area contributed by atoms with Crippen LogP contribution < -0.4 is 16.0 Å². The molecular formula is C17H25ClFN3O2. The molecular weight excluding hydrogens is 333 g/mol. The summed E-state index contributed by atoms with van der Waals surface area (Å²) in [5, 5.41) is 8.81. The Bertz CT molecular complexity index is 519. The Labute approximate surface area is 148 Å². The lowest BCUT2D eigenvalue weighted by atomic mass is 9.93. The van der Waals surface area contributed by atoms with Crippen LogP contribution in [0.4, 0.5) is 4.39 Å². The van der Waals surface area contributed by atoms with Crippen LogP contribution in [0.3, 0.4) is 0 Å². The summed E-state index contributed by atoms with van der Waals surface area (Å²) in [6, 6.07) is 5.36. The van der Waals surface area contributed by atoms with Crippen LogP contribution in [0.5, 0.6) is 0 Å². The molecule has 0 aliphatic carbocycles. The van der Waals surface area contributed by atoms with Crippen LogP contribution in [0.1, 0.15) is 36.0 Å². The lowest BCUT2D eigenvalue weighted by molar-refractivity contribution is -0.121. The number of carbonyl (C=O) groups is 2. The average Bonchev–Trinajstić information content (AvgIpc) is 2.58. The Kier molecular flexibility index (Phi) is 9.34. The maximum atomic E-state index is 12.8. The van der Waals surface area contributed by atoms with Gasteiger partial charge in [0.05, 0.1) is 0 Å². The Hall–Kier alpha value is -1.66. The van der Waals surface area contributed by atoms with Gasteiger partial charge in [-0.05, 0) is 62.5 Å². The number of hydrogen-bond donors (Lipinski definition) is 3. The van der Waals surface area contributed by atoms with E-state index in [2.05, 4.69) is 16.0 Å². The van der Waals surface area contributed by atoms with E-state index < -0.39 is 0 Å². The molecule has 1 heterocycles. The number of benzene rings is 1. The third-order valence-electron chi connectivity index (χ3n) is 4.08. The summed E-state index contributed by atoms with van der Waals surface area (Å²) < 4.78 is 12.8. The summed E-state index contributed by atoms with van der Waals surface area (Å²) >= 11 is 0. The molecule has 1 aliphatic heterocycles. The number of halogens is 2. The molecule has 2 amide bonds. The van der Waals surface area contributed by atoms with Crippen LogP contribution in [0.2, 0.25) is 0 Å². The van der Waals surface area contributed by atoms with E-state index in [9.17, 15) is 14.0 Å². The van der Waals surface area contributed by atoms with Crippen LogP contribution in [-0.2, 0) is 4.79 Å². The minimum atomic E-state index is -0.373. The standard InChI is InChI=1S/C17H24FN3O2.ClH/c18-15-4-2-14(3-5-15)17(23)21-12-11-20-16(22)6-1-13-7-9-19-10-8-13;/h2-5,13,19H,1,6-12H2,(H,20,22)(H,21,23);1H. The van der Waals surface area contributed by atoms with E-state index >= 15 is 0 Å². The molecule has 1 aliphatic rings. The first-order valence-corrected chi connectivity index (χ1v) is 8.16. The lowest BCUT2D eigenvalue weighted by Crippen LogP contribution is -2.35. The van der Waals surface area contributed by atoms with Gasteiger partial charge in [-0.1, -0.05) is 0 Å². The Morgan fingerprint density at radius 1 is 1.08 bits per heavy atom. The normalized spacial score (nSPS) is 14.5. The topological polar surface area (TPSA) is 70.2 Å². The lowest BCUT2D eigenvalue weighted by Gasteiger charge is -2.22. The Morgan fingerprint density at radius 3 is 2.38 bits per heavy atom. The molecule has 0 atom stereocenters. The van der Waals surface area contributed by atoms with Gasteiger partial charge < -0.3 is 16.0 Å². The SMILES string of the molecule is Cl.O=C(CCC1CCNCC1)NCCNC(=O)c1ccc(F)cc1. The van der Waals surface area contributed by atoms with Crippen molar-refractivity contribution in [1.29, 1.82) is 0 Å². The summed E-state index contributed by atoms with van der Waals surface area (Å²) in [7, 11) is 0. The van der Waals surface area contributed by atoms with E-state index in [0.29, 0.717) is 31.0 Å². The van der Waals surface area contributed by atoms with Crippen molar-refractivity contribution in [2.75, 3.05) is 26.2 Å². The minimum absolute atomic E-state index is 0. The van der Waals surface area contributed by atoms with Gasteiger partial charge in [-0.15, -0.1) is 12.4 Å². The molecule has 5 nitrogen and oxygen atoms in total. The zero-order valence-electron chi connectivity index (χ0n) is 13.6. The molecule has 2 rings (SSSR count). The zero-order chi connectivity index (χ0) is 16.5. The van der Waals surface area contributed by atoms with Crippen molar-refractivity contribution in [3.8, 4) is 0 Å². The van der Waals surface area contributed by atoms with Gasteiger partial charge in [0.25, 0.3) is 5.91 Å². The van der Waals surface area contributed by atoms with E-state index in [1.807, 2.05) is 0 Å². The number of rotatable bonds is 7. The van der Waals surface area contributed by atoms with Crippen LogP contribution in [-0.4, -0.2) is 38.0 Å². The predicted octanol–water partition coefficient (Wildman–Crippen LogP) is 1.87. The molecule has 0 bridgehead atoms. The number of carbonyl (C=O) groups excluding carboxylic acids is 2. The monoisotopic (exact) mass is 357 g/mol. The highest BCUT2D eigenvalue weighted by atomic mass is 35.5. The molecule has 1 aromatic rings. The number of amides is 2. The molecule has 0 spiro atoms. The fraction of sp³-hybridized carbons (Fsp3) is 0.529. The predicted molar refractivity (Wildman–Crippen MR) is 93.8 cm³/mol. The first-order chi connectivity index (χ1) is 11.1. The summed E-state index contributed by atoms with van der Waals surface area (Å²) in [5.41, 5.74) is 0.406. The van der Waals surface area contributed by atoms with Gasteiger partial charge in [0.2, 0.25) is 5.91 Å². The maximum Gasteiger partial charge on any atom is 0.251 e. The summed E-state index contributed by atoms with van der Waals surface area (Å²) in [4.78, 5) is 23.5. The van der Waals surface area contributed by atoms with Crippen molar-refractivity contribution in [1.82, 2.24) is 16.0 Å². The van der Waals surface area contributed by atoms with Gasteiger partial charge in [-0.2, -0.15) is 0 Å². The van der Waals surface area contributed by atoms with Gasteiger partial charge in [0, 0.05) is 25.1 Å². The highest BCUT2D eigenvalue weighted by Gasteiger charge is 2.14. The fourth-order valence-corrected chi connectivity index (χ4v) is 2.68. The second-order valence-corrected chi connectivity index (χ2v) is 5.84. The number of hydrogen-bond acceptors (Lipinski definition) is 3. The third kappa shape index (κ3) is 7.27. The highest BCUT2D eigenvalue weighted by molar-refractivity contribution is 5.94. The molecule has 1 aromatic carbocycles. The maximum absolute atomic E-state index is 12.8. The molecule has 1 saturated heterocycles. The Balaban J connectivity index is 0.00000288. The Morgan fingerprint density at radius 2 is 1.71 bits per heavy atom. The molecule has 134 valence electrons. The third-order valence-corrected chi connectivity index (χ3v) is 4.08. The van der Waals surface area contributed by atoms with Crippen molar-refractivity contribution in [2.45, 2.75) is 25.7 Å². The van der Waals surface area contributed by atoms with Gasteiger partial charge in [-0.3, -0.25) is 9.59 Å². The molecule has 0 unspecified atom stereocenters. The number of piperidine rings is 1. The largest absolute Gasteiger partial charge is 0.354 e. The van der Waals surface area contributed by atoms with Crippen LogP contribution >= 0.6 is 12.4 Å². The summed E-state index contributed by atoms with van der Waals surface area (Å²) in [6.07, 6.45) is 3.74.